The fourth-order valence-corrected chi connectivity index (χ4v) is 3.95. The van der Waals surface area contributed by atoms with E-state index in [1.165, 1.54) is 24.8 Å². The molecule has 1 aromatic heterocycles. The number of hydrogen-bond acceptors (Lipinski definition) is 4. The maximum Gasteiger partial charge on any atom is 0.230 e. The van der Waals surface area contributed by atoms with E-state index in [-0.39, 0.29) is 17.2 Å². The number of amides is 1. The minimum atomic E-state index is -3.36. The van der Waals surface area contributed by atoms with Gasteiger partial charge in [0.15, 0.2) is 15.7 Å². The average Bonchev–Trinajstić information content (AvgIpc) is 3.17. The minimum Gasteiger partial charge on any atom is -0.309 e. The number of H-pyrrole nitrogens is 1. The van der Waals surface area contributed by atoms with Gasteiger partial charge in [-0.3, -0.25) is 9.89 Å². The molecule has 0 spiro atoms. The van der Waals surface area contributed by atoms with E-state index in [1.54, 1.807) is 18.2 Å². The third-order valence-electron chi connectivity index (χ3n) is 4.16. The monoisotopic (exact) mass is 346 g/mol. The molecule has 1 aromatic carbocycles. The van der Waals surface area contributed by atoms with E-state index in [1.807, 2.05) is 6.07 Å². The minimum absolute atomic E-state index is 0.0119. The van der Waals surface area contributed by atoms with E-state index in [4.69, 9.17) is 0 Å². The molecule has 0 saturated heterocycles. The molecule has 1 fully saturated rings. The average molecular weight is 346 g/mol. The van der Waals surface area contributed by atoms with Crippen molar-refractivity contribution in [2.75, 3.05) is 11.6 Å². The van der Waals surface area contributed by atoms with Crippen molar-refractivity contribution >= 4 is 21.6 Å². The second-order valence-corrected chi connectivity index (χ2v) is 8.07. The van der Waals surface area contributed by atoms with Crippen LogP contribution < -0.4 is 5.32 Å². The van der Waals surface area contributed by atoms with Crippen molar-refractivity contribution in [2.24, 2.45) is 0 Å². The summed E-state index contributed by atoms with van der Waals surface area (Å²) in [7, 11) is -3.36. The number of rotatable bonds is 5. The number of nitrogens with zero attached hydrogens (tertiary/aromatic N) is 1. The highest BCUT2D eigenvalue weighted by Gasteiger charge is 2.20. The van der Waals surface area contributed by atoms with E-state index in [2.05, 4.69) is 15.5 Å². The predicted molar refractivity (Wildman–Crippen MR) is 91.3 cm³/mol. The maximum absolute atomic E-state index is 12.2. The summed E-state index contributed by atoms with van der Waals surface area (Å²) < 4.78 is 23.6. The van der Waals surface area contributed by atoms with Crippen LogP contribution in [0, 0.1) is 5.92 Å². The molecule has 0 aliphatic heterocycles. The summed E-state index contributed by atoms with van der Waals surface area (Å²) in [4.78, 5) is 12.4. The van der Waals surface area contributed by atoms with Gasteiger partial charge < -0.3 is 5.32 Å². The van der Waals surface area contributed by atoms with Crippen molar-refractivity contribution in [1.82, 2.24) is 10.2 Å². The first-order chi connectivity index (χ1) is 11.4. The molecule has 127 valence electrons. The van der Waals surface area contributed by atoms with Gasteiger partial charge in [0, 0.05) is 23.9 Å². The number of hydrogen-bond donors (Lipinski definition) is 2. The normalized spacial score (nSPS) is 15.5. The Morgan fingerprint density at radius 1 is 1.25 bits per heavy atom. The summed E-state index contributed by atoms with van der Waals surface area (Å²) in [5.74, 6) is 1.51. The van der Waals surface area contributed by atoms with Crippen molar-refractivity contribution in [3.8, 4) is 0 Å². The molecule has 1 aliphatic carbocycles. The SMILES string of the molecule is CS(=O)(=O)c1ccccc1CC(=O)Nc1cc([C]2CCCC2)[nH]n1. The van der Waals surface area contributed by atoms with Crippen LogP contribution in [0.4, 0.5) is 5.82 Å². The lowest BCUT2D eigenvalue weighted by molar-refractivity contribution is -0.115. The first-order valence-corrected chi connectivity index (χ1v) is 9.81. The first-order valence-electron chi connectivity index (χ1n) is 7.92. The molecule has 3 rings (SSSR count). The summed E-state index contributed by atoms with van der Waals surface area (Å²) in [6.45, 7) is 0. The largest absolute Gasteiger partial charge is 0.309 e. The van der Waals surface area contributed by atoms with Crippen LogP contribution in [-0.2, 0) is 21.1 Å². The van der Waals surface area contributed by atoms with Gasteiger partial charge in [-0.05, 0) is 24.5 Å². The van der Waals surface area contributed by atoms with Gasteiger partial charge >= 0.3 is 0 Å². The summed E-state index contributed by atoms with van der Waals surface area (Å²) in [6, 6.07) is 8.37. The van der Waals surface area contributed by atoms with Gasteiger partial charge in [0.05, 0.1) is 11.3 Å². The van der Waals surface area contributed by atoms with Crippen LogP contribution in [0.3, 0.4) is 0 Å². The molecule has 2 N–H and O–H groups in total. The molecule has 1 saturated carbocycles. The van der Waals surface area contributed by atoms with Gasteiger partial charge in [-0.2, -0.15) is 5.10 Å². The predicted octanol–water partition coefficient (Wildman–Crippen LogP) is 2.49. The van der Waals surface area contributed by atoms with Crippen LogP contribution >= 0.6 is 0 Å². The second-order valence-electron chi connectivity index (χ2n) is 6.08. The third kappa shape index (κ3) is 3.84. The number of aromatic amines is 1. The molecule has 1 amide bonds. The fourth-order valence-electron chi connectivity index (χ4n) is 3.01. The van der Waals surface area contributed by atoms with Crippen molar-refractivity contribution in [3.63, 3.8) is 0 Å². The highest BCUT2D eigenvalue weighted by Crippen LogP contribution is 2.32. The zero-order chi connectivity index (χ0) is 17.2. The van der Waals surface area contributed by atoms with Crippen molar-refractivity contribution in [2.45, 2.75) is 37.0 Å². The molecule has 1 heterocycles. The van der Waals surface area contributed by atoms with Gasteiger partial charge in [-0.1, -0.05) is 31.0 Å². The Morgan fingerprint density at radius 3 is 2.67 bits per heavy atom. The number of carbonyl (C=O) groups is 1. The topological polar surface area (TPSA) is 91.9 Å². The molecule has 1 aliphatic rings. The molecule has 0 unspecified atom stereocenters. The Bertz CT molecular complexity index is 836. The summed E-state index contributed by atoms with van der Waals surface area (Å²) in [5, 5.41) is 9.80. The lowest BCUT2D eigenvalue weighted by Crippen LogP contribution is -2.16. The number of aromatic nitrogens is 2. The van der Waals surface area contributed by atoms with Crippen LogP contribution in [-0.4, -0.2) is 30.8 Å². The van der Waals surface area contributed by atoms with Gasteiger partial charge in [-0.15, -0.1) is 0 Å². The van der Waals surface area contributed by atoms with Gasteiger partial charge in [0.2, 0.25) is 5.91 Å². The van der Waals surface area contributed by atoms with E-state index in [9.17, 15) is 13.2 Å². The number of nitrogens with one attached hydrogen (secondary N) is 2. The lowest BCUT2D eigenvalue weighted by atomic mass is 10.0. The number of benzene rings is 1. The lowest BCUT2D eigenvalue weighted by Gasteiger charge is -2.07. The fraction of sp³-hybridized carbons (Fsp3) is 0.353. The van der Waals surface area contributed by atoms with Crippen molar-refractivity contribution in [1.29, 1.82) is 0 Å². The quantitative estimate of drug-likeness (QED) is 0.870. The third-order valence-corrected chi connectivity index (χ3v) is 5.35. The molecular formula is C17H20N3O3S. The van der Waals surface area contributed by atoms with Crippen LogP contribution in [0.5, 0.6) is 0 Å². The second kappa shape index (κ2) is 6.76. The number of anilines is 1. The summed E-state index contributed by atoms with van der Waals surface area (Å²) in [6.07, 6.45) is 5.65. The smallest absolute Gasteiger partial charge is 0.230 e. The zero-order valence-electron chi connectivity index (χ0n) is 13.5. The molecule has 0 atom stereocenters. The van der Waals surface area contributed by atoms with E-state index < -0.39 is 9.84 Å². The Balaban J connectivity index is 1.68. The molecule has 6 nitrogen and oxygen atoms in total. The molecule has 2 aromatic rings. The van der Waals surface area contributed by atoms with E-state index in [0.29, 0.717) is 11.4 Å². The molecule has 7 heteroatoms. The highest BCUT2D eigenvalue weighted by atomic mass is 32.2. The molecule has 0 bridgehead atoms. The first kappa shape index (κ1) is 16.7. The highest BCUT2D eigenvalue weighted by molar-refractivity contribution is 7.90. The van der Waals surface area contributed by atoms with Crippen LogP contribution in [0.15, 0.2) is 35.2 Å². The van der Waals surface area contributed by atoms with Gasteiger partial charge in [0.25, 0.3) is 0 Å². The Labute approximate surface area is 141 Å². The molecule has 24 heavy (non-hydrogen) atoms. The Morgan fingerprint density at radius 2 is 1.96 bits per heavy atom. The van der Waals surface area contributed by atoms with Gasteiger partial charge in [-0.25, -0.2) is 8.42 Å². The number of carbonyl (C=O) groups excluding carboxylic acids is 1. The van der Waals surface area contributed by atoms with Crippen LogP contribution in [0.2, 0.25) is 0 Å². The zero-order valence-corrected chi connectivity index (χ0v) is 14.3. The van der Waals surface area contributed by atoms with Crippen molar-refractivity contribution in [3.05, 3.63) is 47.5 Å². The summed E-state index contributed by atoms with van der Waals surface area (Å²) in [5.41, 5.74) is 1.46. The summed E-state index contributed by atoms with van der Waals surface area (Å²) >= 11 is 0. The Hall–Kier alpha value is -2.15. The van der Waals surface area contributed by atoms with Gasteiger partial charge in [0.1, 0.15) is 0 Å². The van der Waals surface area contributed by atoms with Crippen LogP contribution in [0.25, 0.3) is 0 Å². The van der Waals surface area contributed by atoms with Crippen LogP contribution in [0.1, 0.15) is 36.9 Å². The van der Waals surface area contributed by atoms with Crippen molar-refractivity contribution < 1.29 is 13.2 Å². The number of sulfone groups is 1. The molecular weight excluding hydrogens is 326 g/mol. The van der Waals surface area contributed by atoms with E-state index in [0.717, 1.165) is 24.8 Å². The Kier molecular flexibility index (Phi) is 4.71. The molecule has 1 radical (unpaired) electrons. The van der Waals surface area contributed by atoms with E-state index >= 15 is 0 Å². The maximum atomic E-state index is 12.2. The standard InChI is InChI=1S/C17H20N3O3S/c1-24(22,23)15-9-5-4-8-13(15)10-17(21)18-16-11-14(19-20-16)12-6-2-3-7-12/h4-5,8-9,11H,2-3,6-7,10H2,1H3,(H2,18,19,20,21).